The molecular formula is C23H24Cl2N2O3. The van der Waals surface area contributed by atoms with Gasteiger partial charge in [-0.1, -0.05) is 47.5 Å². The van der Waals surface area contributed by atoms with Crippen molar-refractivity contribution in [3.8, 4) is 0 Å². The van der Waals surface area contributed by atoms with Gasteiger partial charge in [-0.25, -0.2) is 0 Å². The fourth-order valence-corrected chi connectivity index (χ4v) is 4.39. The average molecular weight is 447 g/mol. The third-order valence-corrected chi connectivity index (χ3v) is 6.30. The maximum absolute atomic E-state index is 12.9. The van der Waals surface area contributed by atoms with E-state index in [9.17, 15) is 9.59 Å². The zero-order chi connectivity index (χ0) is 21.1. The summed E-state index contributed by atoms with van der Waals surface area (Å²) in [5.41, 5.74) is 2.03. The number of hydrogen-bond acceptors (Lipinski definition) is 4. The number of hydrogen-bond donors (Lipinski definition) is 1. The van der Waals surface area contributed by atoms with Gasteiger partial charge in [0.15, 0.2) is 0 Å². The predicted octanol–water partition coefficient (Wildman–Crippen LogP) is 4.38. The number of ether oxygens (including phenoxy) is 1. The van der Waals surface area contributed by atoms with Crippen molar-refractivity contribution in [2.45, 2.75) is 38.0 Å². The fourth-order valence-electron chi connectivity index (χ4n) is 4.13. The van der Waals surface area contributed by atoms with E-state index in [4.69, 9.17) is 27.9 Å². The minimum absolute atomic E-state index is 0.106. The number of nitrogens with one attached hydrogen (secondary N) is 1. The Balaban J connectivity index is 1.31. The molecule has 1 unspecified atom stereocenters. The molecule has 1 N–H and O–H groups in total. The van der Waals surface area contributed by atoms with Crippen molar-refractivity contribution in [1.82, 2.24) is 10.2 Å². The molecule has 2 fully saturated rings. The summed E-state index contributed by atoms with van der Waals surface area (Å²) in [5.74, 6) is -0.962. The van der Waals surface area contributed by atoms with E-state index in [0.717, 1.165) is 43.1 Å². The van der Waals surface area contributed by atoms with E-state index in [2.05, 4.69) is 10.2 Å². The summed E-state index contributed by atoms with van der Waals surface area (Å²) >= 11 is 11.9. The Hall–Kier alpha value is -2.08. The van der Waals surface area contributed by atoms with Crippen molar-refractivity contribution >= 4 is 35.1 Å². The van der Waals surface area contributed by atoms with Crippen LogP contribution in [0.2, 0.25) is 10.0 Å². The van der Waals surface area contributed by atoms with Gasteiger partial charge < -0.3 is 10.1 Å². The van der Waals surface area contributed by atoms with Crippen molar-refractivity contribution in [3.05, 3.63) is 69.7 Å². The van der Waals surface area contributed by atoms with E-state index >= 15 is 0 Å². The van der Waals surface area contributed by atoms with Gasteiger partial charge in [0.05, 0.1) is 12.3 Å². The highest BCUT2D eigenvalue weighted by Crippen LogP contribution is 2.36. The van der Waals surface area contributed by atoms with Crippen LogP contribution in [0, 0.1) is 5.92 Å². The lowest BCUT2D eigenvalue weighted by Gasteiger charge is -2.33. The van der Waals surface area contributed by atoms with Gasteiger partial charge in [0.25, 0.3) is 0 Å². The van der Waals surface area contributed by atoms with Gasteiger partial charge in [-0.15, -0.1) is 0 Å². The highest BCUT2D eigenvalue weighted by atomic mass is 35.5. The maximum atomic E-state index is 12.9. The number of carbonyl (C=O) groups is 2. The van der Waals surface area contributed by atoms with Crippen molar-refractivity contribution in [1.29, 1.82) is 0 Å². The number of benzene rings is 2. The lowest BCUT2D eigenvalue weighted by molar-refractivity contribution is -0.141. The summed E-state index contributed by atoms with van der Waals surface area (Å²) in [4.78, 5) is 27.2. The first-order valence-corrected chi connectivity index (χ1v) is 11.0. The van der Waals surface area contributed by atoms with Crippen molar-refractivity contribution in [2.75, 3.05) is 13.1 Å². The Kier molecular flexibility index (Phi) is 6.61. The lowest BCUT2D eigenvalue weighted by atomic mass is 9.93. The van der Waals surface area contributed by atoms with Gasteiger partial charge in [0, 0.05) is 35.7 Å². The first-order valence-electron chi connectivity index (χ1n) is 10.2. The van der Waals surface area contributed by atoms with E-state index in [1.807, 2.05) is 24.3 Å². The molecule has 4 rings (SSSR count). The van der Waals surface area contributed by atoms with Crippen LogP contribution in [0.5, 0.6) is 0 Å². The number of piperidine rings is 1. The molecule has 2 aromatic carbocycles. The minimum atomic E-state index is -0.556. The van der Waals surface area contributed by atoms with Gasteiger partial charge in [-0.3, -0.25) is 14.5 Å². The van der Waals surface area contributed by atoms with Crippen LogP contribution in [0.3, 0.4) is 0 Å². The minimum Gasteiger partial charge on any atom is -0.457 e. The SMILES string of the molecule is O=C1C[C@H](C(=O)NC2CCN(Cc3ccc(Cl)cc3)CC2)C(c2ccc(Cl)cc2)O1. The van der Waals surface area contributed by atoms with Crippen LogP contribution in [0.1, 0.15) is 36.5 Å². The molecule has 30 heavy (non-hydrogen) atoms. The number of nitrogens with zero attached hydrogens (tertiary/aromatic N) is 1. The Bertz CT molecular complexity index is 894. The molecule has 2 aliphatic rings. The van der Waals surface area contributed by atoms with Gasteiger partial charge in [-0.2, -0.15) is 0 Å². The zero-order valence-electron chi connectivity index (χ0n) is 16.5. The third-order valence-electron chi connectivity index (χ3n) is 5.80. The second kappa shape index (κ2) is 9.38. The molecule has 0 aliphatic carbocycles. The molecule has 2 saturated heterocycles. The summed E-state index contributed by atoms with van der Waals surface area (Å²) in [6.45, 7) is 2.70. The van der Waals surface area contributed by atoms with Crippen LogP contribution in [0.25, 0.3) is 0 Å². The monoisotopic (exact) mass is 446 g/mol. The normalized spacial score (nSPS) is 22.7. The molecule has 0 radical (unpaired) electrons. The van der Waals surface area contributed by atoms with Crippen LogP contribution in [-0.4, -0.2) is 35.9 Å². The van der Waals surface area contributed by atoms with Crippen molar-refractivity contribution < 1.29 is 14.3 Å². The third kappa shape index (κ3) is 5.15. The molecule has 158 valence electrons. The Morgan fingerprint density at radius 3 is 2.23 bits per heavy atom. The molecule has 0 bridgehead atoms. The van der Waals surface area contributed by atoms with Gasteiger partial charge >= 0.3 is 5.97 Å². The van der Waals surface area contributed by atoms with Gasteiger partial charge in [0.1, 0.15) is 6.10 Å². The van der Waals surface area contributed by atoms with Crippen molar-refractivity contribution in [3.63, 3.8) is 0 Å². The molecule has 0 spiro atoms. The standard InChI is InChI=1S/C23H24Cl2N2O3/c24-17-5-1-15(2-6-17)14-27-11-9-19(10-12-27)26-23(29)20-13-21(28)30-22(20)16-3-7-18(25)8-4-16/h1-8,19-20,22H,9-14H2,(H,26,29)/t20-,22?/m0/s1. The molecule has 1 amide bonds. The van der Waals surface area contributed by atoms with Crippen LogP contribution >= 0.6 is 23.2 Å². The summed E-state index contributed by atoms with van der Waals surface area (Å²) < 4.78 is 5.44. The summed E-state index contributed by atoms with van der Waals surface area (Å²) in [5, 5.41) is 4.49. The Morgan fingerprint density at radius 1 is 1.00 bits per heavy atom. The fraction of sp³-hybridized carbons (Fsp3) is 0.391. The summed E-state index contributed by atoms with van der Waals surface area (Å²) in [6.07, 6.45) is 1.31. The first-order chi connectivity index (χ1) is 14.5. The van der Waals surface area contributed by atoms with E-state index < -0.39 is 12.0 Å². The molecular weight excluding hydrogens is 423 g/mol. The second-order valence-electron chi connectivity index (χ2n) is 7.96. The first kappa shape index (κ1) is 21.2. The van der Waals surface area contributed by atoms with Crippen LogP contribution in [-0.2, 0) is 20.9 Å². The molecule has 0 aromatic heterocycles. The average Bonchev–Trinajstić information content (AvgIpc) is 3.13. The number of likely N-dealkylation sites (tertiary alicyclic amines) is 1. The van der Waals surface area contributed by atoms with Crippen molar-refractivity contribution in [2.24, 2.45) is 5.92 Å². The zero-order valence-corrected chi connectivity index (χ0v) is 18.0. The van der Waals surface area contributed by atoms with E-state index in [-0.39, 0.29) is 24.3 Å². The van der Waals surface area contributed by atoms with Crippen LogP contribution in [0.4, 0.5) is 0 Å². The van der Waals surface area contributed by atoms with E-state index in [1.54, 1.807) is 24.3 Å². The van der Waals surface area contributed by atoms with E-state index in [0.29, 0.717) is 5.02 Å². The lowest BCUT2D eigenvalue weighted by Crippen LogP contribution is -2.46. The second-order valence-corrected chi connectivity index (χ2v) is 8.83. The largest absolute Gasteiger partial charge is 0.457 e. The number of halogens is 2. The number of esters is 1. The molecule has 0 saturated carbocycles. The highest BCUT2D eigenvalue weighted by Gasteiger charge is 2.41. The molecule has 2 atom stereocenters. The summed E-state index contributed by atoms with van der Waals surface area (Å²) in [6, 6.07) is 15.1. The quantitative estimate of drug-likeness (QED) is 0.692. The Labute approximate surface area is 186 Å². The molecule has 5 nitrogen and oxygen atoms in total. The smallest absolute Gasteiger partial charge is 0.307 e. The van der Waals surface area contributed by atoms with Crippen LogP contribution in [0.15, 0.2) is 48.5 Å². The maximum Gasteiger partial charge on any atom is 0.307 e. The highest BCUT2D eigenvalue weighted by molar-refractivity contribution is 6.30. The predicted molar refractivity (Wildman–Crippen MR) is 116 cm³/mol. The topological polar surface area (TPSA) is 58.6 Å². The van der Waals surface area contributed by atoms with Gasteiger partial charge in [-0.05, 0) is 48.2 Å². The molecule has 2 aliphatic heterocycles. The van der Waals surface area contributed by atoms with E-state index in [1.165, 1.54) is 5.56 Å². The molecule has 7 heteroatoms. The molecule has 2 heterocycles. The van der Waals surface area contributed by atoms with Crippen LogP contribution < -0.4 is 5.32 Å². The number of amides is 1. The van der Waals surface area contributed by atoms with Gasteiger partial charge in [0.2, 0.25) is 5.91 Å². The number of carbonyl (C=O) groups excluding carboxylic acids is 2. The summed E-state index contributed by atoms with van der Waals surface area (Å²) in [7, 11) is 0. The number of rotatable bonds is 5. The Morgan fingerprint density at radius 2 is 1.60 bits per heavy atom. The molecule has 2 aromatic rings. The number of cyclic esters (lactones) is 1.